The Kier molecular flexibility index (Phi) is 70.0. The quantitative estimate of drug-likeness (QED) is 0.164. The normalized spacial score (nSPS) is 9.08. The fourth-order valence-corrected chi connectivity index (χ4v) is 0. The van der Waals surface area contributed by atoms with E-state index in [0.29, 0.717) is 0 Å². The van der Waals surface area contributed by atoms with Gasteiger partial charge in [-0.15, -0.1) is 0 Å². The minimum Gasteiger partial charge on any atom is -0.822 e. The van der Waals surface area contributed by atoms with E-state index in [4.69, 9.17) is 77.0 Å². The summed E-state index contributed by atoms with van der Waals surface area (Å²) in [6.45, 7) is 0. The van der Waals surface area contributed by atoms with Crippen LogP contribution in [0.1, 0.15) is 0 Å². The van der Waals surface area contributed by atoms with Crippen molar-refractivity contribution >= 4 is 31.3 Å². The van der Waals surface area contributed by atoms with Crippen LogP contribution in [0, 0.1) is 0 Å². The topological polar surface area (TPSA) is 345 Å². The summed E-state index contributed by atoms with van der Waals surface area (Å²) in [6, 6.07) is 0. The molecule has 16 nitrogen and oxygen atoms in total. The van der Waals surface area contributed by atoms with E-state index in [1.54, 1.807) is 0 Å². The molecule has 26 heavy (non-hydrogen) atoms. The van der Waals surface area contributed by atoms with E-state index in [1.165, 1.54) is 0 Å². The Balaban J connectivity index is -0.0000000152. The minimum absolute atomic E-state index is 0. The van der Waals surface area contributed by atoms with Gasteiger partial charge in [0, 0.05) is 0 Å². The summed E-state index contributed by atoms with van der Waals surface area (Å²) >= 11 is 0. The molecule has 0 heterocycles. The van der Waals surface area contributed by atoms with Crippen molar-refractivity contribution in [2.75, 3.05) is 0 Å². The molecule has 0 fully saturated rings. The molecule has 26 heteroatoms. The van der Waals surface area contributed by atoms with E-state index >= 15 is 0 Å². The summed E-state index contributed by atoms with van der Waals surface area (Å²) in [5.41, 5.74) is 0. The van der Waals surface area contributed by atoms with Crippen LogP contribution in [0.15, 0.2) is 0 Å². The average molecular weight is 741 g/mol. The second kappa shape index (κ2) is 28.9. The molecule has 0 rings (SSSR count). The maximum absolute atomic E-state index is 8.55. The molecule has 0 aliphatic heterocycles. The van der Waals surface area contributed by atoms with Crippen molar-refractivity contribution in [1.82, 2.24) is 0 Å². The standard InChI is InChI=1S/3Mn.4H3O4P.3Zn/c;;;4*1-5(2,3)4;;;/h;;;4*(H3,1,2,3,4);;;/q3*+2;;;;;3*+2/p-12. The molecule has 143 valence electrons. The summed E-state index contributed by atoms with van der Waals surface area (Å²) in [7, 11) is -21.6. The van der Waals surface area contributed by atoms with Crippen molar-refractivity contribution in [3.63, 3.8) is 0 Å². The van der Waals surface area contributed by atoms with Crippen LogP contribution in [-0.4, -0.2) is 0 Å². The average Bonchev–Trinajstić information content (AvgIpc) is 1.62. The minimum atomic E-state index is -5.39. The zero-order valence-electron chi connectivity index (χ0n) is 11.6. The molecule has 0 aliphatic rings. The van der Waals surface area contributed by atoms with Crippen molar-refractivity contribution in [2.24, 2.45) is 0 Å². The third-order valence-corrected chi connectivity index (χ3v) is 0. The van der Waals surface area contributed by atoms with E-state index in [2.05, 4.69) is 0 Å². The predicted octanol–water partition coefficient (Wildman–Crippen LogP) is -11.3. The Bertz CT molecular complexity index is 305. The molecule has 3 radical (unpaired) electrons. The van der Waals surface area contributed by atoms with Gasteiger partial charge in [-0.2, -0.15) is 31.3 Å². The third-order valence-electron chi connectivity index (χ3n) is 0. The van der Waals surface area contributed by atoms with Crippen LogP contribution in [0.4, 0.5) is 0 Å². The van der Waals surface area contributed by atoms with Gasteiger partial charge in [0.1, 0.15) is 0 Å². The van der Waals surface area contributed by atoms with E-state index < -0.39 is 31.3 Å². The van der Waals surface area contributed by atoms with E-state index in [-0.39, 0.29) is 110 Å². The van der Waals surface area contributed by atoms with Gasteiger partial charge in [-0.3, -0.25) is 0 Å². The molecule has 0 atom stereocenters. The molecule has 0 spiro atoms. The summed E-state index contributed by atoms with van der Waals surface area (Å²) in [4.78, 5) is 103. The molecule has 0 unspecified atom stereocenters. The largest absolute Gasteiger partial charge is 2.00 e. The summed E-state index contributed by atoms with van der Waals surface area (Å²) in [5, 5.41) is 0. The Morgan fingerprint density at radius 1 is 0.308 bits per heavy atom. The zero-order valence-corrected chi connectivity index (χ0v) is 27.6. The van der Waals surface area contributed by atoms with Gasteiger partial charge in [0.25, 0.3) is 0 Å². The maximum Gasteiger partial charge on any atom is 2.00 e. The van der Waals surface area contributed by atoms with Crippen LogP contribution >= 0.6 is 31.3 Å². The van der Waals surface area contributed by atoms with Gasteiger partial charge in [0.05, 0.1) is 0 Å². The Morgan fingerprint density at radius 3 is 0.308 bits per heavy atom. The van der Waals surface area contributed by atoms with Crippen LogP contribution in [-0.2, 0) is 128 Å². The maximum atomic E-state index is 8.55. The molecule has 0 aromatic rings. The van der Waals surface area contributed by atoms with Crippen molar-refractivity contribution in [1.29, 1.82) is 0 Å². The van der Waals surface area contributed by atoms with E-state index in [9.17, 15) is 0 Å². The molecule has 0 amide bonds. The van der Waals surface area contributed by atoms with Crippen LogP contribution < -0.4 is 58.7 Å². The summed E-state index contributed by atoms with van der Waals surface area (Å²) in [5.74, 6) is 0. The molecule has 0 saturated carbocycles. The SMILES string of the molecule is O=P([O-])([O-])[O-].O=P([O-])([O-])[O-].O=P([O-])([O-])[O-].O=P([O-])([O-])[O-].[Mn+2].[Mn+2].[Mn+2].[Zn+2].[Zn+2].[Zn+2]. The Hall–Kier alpha value is 3.87. The fraction of sp³-hybridized carbons (Fsp3) is 0. The van der Waals surface area contributed by atoms with Crippen molar-refractivity contribution < 1.29 is 187 Å². The van der Waals surface area contributed by atoms with Gasteiger partial charge in [-0.1, -0.05) is 0 Å². The van der Waals surface area contributed by atoms with Crippen LogP contribution in [0.3, 0.4) is 0 Å². The Morgan fingerprint density at radius 2 is 0.308 bits per heavy atom. The molecule has 0 aromatic heterocycles. The Labute approximate surface area is 216 Å². The van der Waals surface area contributed by atoms with Gasteiger partial charge in [-0.05, 0) is 0 Å². The van der Waals surface area contributed by atoms with Crippen molar-refractivity contribution in [3.05, 3.63) is 0 Å². The summed E-state index contributed by atoms with van der Waals surface area (Å²) < 4.78 is 34.2. The second-order valence-corrected chi connectivity index (χ2v) is 5.37. The number of hydrogen-bond acceptors (Lipinski definition) is 16. The van der Waals surface area contributed by atoms with Crippen LogP contribution in [0.5, 0.6) is 0 Å². The monoisotopic (exact) mass is 736 g/mol. The van der Waals surface area contributed by atoms with Gasteiger partial charge in [0.2, 0.25) is 0 Å². The first-order chi connectivity index (χ1) is 8.00. The van der Waals surface area contributed by atoms with Gasteiger partial charge < -0.3 is 77.0 Å². The second-order valence-electron chi connectivity index (χ2n) is 1.79. The molecule has 0 N–H and O–H groups in total. The molecule has 0 bridgehead atoms. The smallest absolute Gasteiger partial charge is 0.822 e. The van der Waals surface area contributed by atoms with Crippen LogP contribution in [0.25, 0.3) is 0 Å². The number of rotatable bonds is 0. The fourth-order valence-electron chi connectivity index (χ4n) is 0. The molecule has 0 saturated heterocycles. The van der Waals surface area contributed by atoms with Gasteiger partial charge in [0.15, 0.2) is 0 Å². The zero-order chi connectivity index (χ0) is 18.0. The molecule has 0 aromatic carbocycles. The van der Waals surface area contributed by atoms with Crippen molar-refractivity contribution in [3.8, 4) is 0 Å². The van der Waals surface area contributed by atoms with Gasteiger partial charge in [-0.25, -0.2) is 0 Å². The molecular formula is Mn3O16P4Zn3. The molecular weight excluding hydrogens is 741 g/mol. The first-order valence-corrected chi connectivity index (χ1v) is 8.76. The van der Waals surface area contributed by atoms with Crippen LogP contribution in [0.2, 0.25) is 0 Å². The number of hydrogen-bond donors (Lipinski definition) is 0. The first-order valence-electron chi connectivity index (χ1n) is 2.92. The van der Waals surface area contributed by atoms with E-state index in [1.807, 2.05) is 0 Å². The third kappa shape index (κ3) is 1340. The predicted molar refractivity (Wildman–Crippen MR) is 30.4 cm³/mol. The summed E-state index contributed by atoms with van der Waals surface area (Å²) in [6.07, 6.45) is 0. The van der Waals surface area contributed by atoms with Crippen molar-refractivity contribution in [2.45, 2.75) is 0 Å². The molecule has 0 aliphatic carbocycles. The first kappa shape index (κ1) is 63.1. The number of phosphoric acid groups is 4. The van der Waals surface area contributed by atoms with Gasteiger partial charge >= 0.3 is 110 Å². The van der Waals surface area contributed by atoms with E-state index in [0.717, 1.165) is 0 Å².